The molecular formula is C42H57F2N5O6S. The number of benzene rings is 2. The molecule has 306 valence electrons. The van der Waals surface area contributed by atoms with Gasteiger partial charge in [-0.25, -0.2) is 22.0 Å². The maximum atomic E-state index is 15.7. The Balaban J connectivity index is 1.02. The Morgan fingerprint density at radius 2 is 1.79 bits per heavy atom. The zero-order chi connectivity index (χ0) is 39.7. The number of carbonyl (C=O) groups excluding carboxylic acids is 2. The van der Waals surface area contributed by atoms with Crippen molar-refractivity contribution in [2.24, 2.45) is 17.3 Å². The van der Waals surface area contributed by atoms with Gasteiger partial charge in [0, 0.05) is 56.1 Å². The topological polar surface area (TPSA) is 112 Å². The summed E-state index contributed by atoms with van der Waals surface area (Å²) in [6.07, 6.45) is 6.61. The Labute approximate surface area is 330 Å². The molecule has 4 saturated heterocycles. The standard InChI is InChI=1S/C42H57F2N5O6S/c1-4-39(50)48-20-21-55-25-34(24-48)56(52,53)33-12-13-38(36(44)23-33)49-27-41(2,28-49)26-47-18-14-30(15-19-47)42(29-46-16-7-17-46,31-8-5-9-32(43)22-31)35-10-6-11-37(35)45-40(51)54-3/h4-5,8-9,12-13,22-23,30,34-35,37H,1,6-7,10-11,14-21,24-29H2,2-3H3,(H,45,51)/t34-,35-,37-,42-/m0/s1. The second-order valence-electron chi connectivity index (χ2n) is 17.0. The number of alkyl carbamates (subject to hydrolysis) is 1. The number of anilines is 1. The minimum atomic E-state index is -3.98. The lowest BCUT2D eigenvalue weighted by Gasteiger charge is -2.55. The first-order chi connectivity index (χ1) is 26.8. The molecule has 1 aliphatic carbocycles. The fourth-order valence-corrected chi connectivity index (χ4v) is 12.0. The third-order valence-electron chi connectivity index (χ3n) is 13.3. The van der Waals surface area contributed by atoms with E-state index in [-0.39, 0.29) is 71.6 Å². The van der Waals surface area contributed by atoms with Crippen molar-refractivity contribution in [3.63, 3.8) is 0 Å². The van der Waals surface area contributed by atoms with Crippen molar-refractivity contribution in [3.8, 4) is 0 Å². The van der Waals surface area contributed by atoms with Crippen molar-refractivity contribution < 1.29 is 36.3 Å². The molecule has 2 amide bonds. The lowest BCUT2D eigenvalue weighted by atomic mass is 9.57. The highest BCUT2D eigenvalue weighted by atomic mass is 32.2. The van der Waals surface area contributed by atoms with Crippen LogP contribution in [0.4, 0.5) is 19.3 Å². The van der Waals surface area contributed by atoms with Crippen molar-refractivity contribution in [2.45, 2.75) is 67.1 Å². The third-order valence-corrected chi connectivity index (χ3v) is 15.3. The van der Waals surface area contributed by atoms with Crippen LogP contribution in [0.25, 0.3) is 0 Å². The number of sulfone groups is 1. The number of likely N-dealkylation sites (tertiary alicyclic amines) is 2. The van der Waals surface area contributed by atoms with Gasteiger partial charge in [-0.3, -0.25) is 4.79 Å². The molecular weight excluding hydrogens is 741 g/mol. The Bertz CT molecular complexity index is 1860. The molecule has 0 unspecified atom stereocenters. The van der Waals surface area contributed by atoms with E-state index in [1.54, 1.807) is 12.1 Å². The van der Waals surface area contributed by atoms with E-state index >= 15 is 8.78 Å². The summed E-state index contributed by atoms with van der Waals surface area (Å²) < 4.78 is 68.4. The Hall–Kier alpha value is -3.59. The first kappa shape index (κ1) is 40.6. The van der Waals surface area contributed by atoms with Crippen LogP contribution in [0, 0.1) is 28.9 Å². The number of hydrogen-bond donors (Lipinski definition) is 1. The molecule has 2 aromatic carbocycles. The SMILES string of the molecule is C=CC(=O)N1CCOC[C@@H](S(=O)(=O)c2ccc(N3CC(C)(CN4CCC([C@@](CN5CCC5)(c5cccc(F)c5)[C@H]5CCC[C@@H]5NC(=O)OC)CC4)C3)c(F)c2)C1. The number of piperidine rings is 1. The van der Waals surface area contributed by atoms with Gasteiger partial charge in [0.15, 0.2) is 9.84 Å². The summed E-state index contributed by atoms with van der Waals surface area (Å²) in [4.78, 5) is 33.0. The van der Waals surface area contributed by atoms with Gasteiger partial charge in [-0.2, -0.15) is 0 Å². The average molecular weight is 798 g/mol. The highest BCUT2D eigenvalue weighted by Gasteiger charge is 2.53. The van der Waals surface area contributed by atoms with Crippen molar-refractivity contribution in [2.75, 3.05) is 90.7 Å². The van der Waals surface area contributed by atoms with Gasteiger partial charge in [0.25, 0.3) is 0 Å². The number of methoxy groups -OCH3 is 1. The van der Waals surface area contributed by atoms with Gasteiger partial charge < -0.3 is 34.4 Å². The molecule has 0 radical (unpaired) electrons. The summed E-state index contributed by atoms with van der Waals surface area (Å²) >= 11 is 0. The lowest BCUT2D eigenvalue weighted by molar-refractivity contribution is -0.126. The van der Waals surface area contributed by atoms with E-state index in [4.69, 9.17) is 9.47 Å². The summed E-state index contributed by atoms with van der Waals surface area (Å²) in [5, 5.41) is 2.15. The van der Waals surface area contributed by atoms with E-state index in [0.717, 1.165) is 95.5 Å². The molecule has 0 spiro atoms. The van der Waals surface area contributed by atoms with E-state index in [1.807, 2.05) is 11.0 Å². The maximum absolute atomic E-state index is 15.7. The minimum Gasteiger partial charge on any atom is -0.453 e. The van der Waals surface area contributed by atoms with Crippen molar-refractivity contribution in [1.29, 1.82) is 0 Å². The second-order valence-corrected chi connectivity index (χ2v) is 19.2. The van der Waals surface area contributed by atoms with Crippen LogP contribution < -0.4 is 10.2 Å². The summed E-state index contributed by atoms with van der Waals surface area (Å²) in [5.41, 5.74) is 0.984. The highest BCUT2D eigenvalue weighted by molar-refractivity contribution is 7.92. The molecule has 7 rings (SSSR count). The molecule has 0 bridgehead atoms. The first-order valence-electron chi connectivity index (χ1n) is 20.2. The van der Waals surface area contributed by atoms with Crippen LogP contribution in [0.5, 0.6) is 0 Å². The Morgan fingerprint density at radius 1 is 1.02 bits per heavy atom. The van der Waals surface area contributed by atoms with Crippen LogP contribution in [-0.4, -0.2) is 132 Å². The number of carbonyl (C=O) groups is 2. The lowest BCUT2D eigenvalue weighted by Crippen LogP contribution is -2.62. The second kappa shape index (κ2) is 16.7. The van der Waals surface area contributed by atoms with Gasteiger partial charge in [0.2, 0.25) is 5.91 Å². The van der Waals surface area contributed by atoms with Gasteiger partial charge in [-0.05, 0) is 112 Å². The largest absolute Gasteiger partial charge is 0.453 e. The van der Waals surface area contributed by atoms with E-state index in [2.05, 4.69) is 34.7 Å². The molecule has 4 atom stereocenters. The Morgan fingerprint density at radius 3 is 2.45 bits per heavy atom. The highest BCUT2D eigenvalue weighted by Crippen LogP contribution is 2.52. The molecule has 56 heavy (non-hydrogen) atoms. The number of nitrogens with one attached hydrogen (secondary N) is 1. The quantitative estimate of drug-likeness (QED) is 0.302. The summed E-state index contributed by atoms with van der Waals surface area (Å²) in [5.74, 6) is -0.762. The van der Waals surface area contributed by atoms with Crippen LogP contribution in [-0.2, 0) is 29.5 Å². The molecule has 5 fully saturated rings. The van der Waals surface area contributed by atoms with E-state index in [9.17, 15) is 18.0 Å². The smallest absolute Gasteiger partial charge is 0.407 e. The molecule has 0 aromatic heterocycles. The molecule has 2 aromatic rings. The zero-order valence-electron chi connectivity index (χ0n) is 32.8. The van der Waals surface area contributed by atoms with Crippen LogP contribution in [0.3, 0.4) is 0 Å². The molecule has 14 heteroatoms. The van der Waals surface area contributed by atoms with Gasteiger partial charge in [0.05, 0.1) is 30.9 Å². The third kappa shape index (κ3) is 8.21. The van der Waals surface area contributed by atoms with Crippen LogP contribution in [0.2, 0.25) is 0 Å². The maximum Gasteiger partial charge on any atom is 0.407 e. The van der Waals surface area contributed by atoms with Crippen molar-refractivity contribution in [1.82, 2.24) is 20.0 Å². The number of halogens is 2. The van der Waals surface area contributed by atoms with Crippen molar-refractivity contribution in [3.05, 3.63) is 72.3 Å². The fraction of sp³-hybridized carbons (Fsp3) is 0.619. The van der Waals surface area contributed by atoms with E-state index in [0.29, 0.717) is 18.8 Å². The van der Waals surface area contributed by atoms with Gasteiger partial charge >= 0.3 is 6.09 Å². The normalized spacial score (nSPS) is 26.0. The van der Waals surface area contributed by atoms with Crippen molar-refractivity contribution >= 4 is 27.5 Å². The predicted octanol–water partition coefficient (Wildman–Crippen LogP) is 4.86. The molecule has 4 aliphatic heterocycles. The number of amides is 2. The van der Waals surface area contributed by atoms with Gasteiger partial charge in [0.1, 0.15) is 16.9 Å². The molecule has 1 saturated carbocycles. The fourth-order valence-electron chi connectivity index (χ4n) is 10.4. The van der Waals surface area contributed by atoms with Gasteiger partial charge in [-0.1, -0.05) is 32.1 Å². The van der Waals surface area contributed by atoms with E-state index in [1.165, 1.54) is 24.1 Å². The van der Waals surface area contributed by atoms with Gasteiger partial charge in [-0.15, -0.1) is 0 Å². The number of hydrogen-bond acceptors (Lipinski definition) is 9. The summed E-state index contributed by atoms with van der Waals surface area (Å²) in [6.45, 7) is 12.9. The summed E-state index contributed by atoms with van der Waals surface area (Å²) in [7, 11) is -2.58. The molecule has 1 N–H and O–H groups in total. The molecule has 5 aliphatic rings. The van der Waals surface area contributed by atoms with Crippen LogP contribution in [0.1, 0.15) is 51.0 Å². The predicted molar refractivity (Wildman–Crippen MR) is 210 cm³/mol. The molecule has 11 nitrogen and oxygen atoms in total. The number of nitrogens with zero attached hydrogens (tertiary/aromatic N) is 4. The minimum absolute atomic E-state index is 0.0454. The average Bonchev–Trinajstić information content (AvgIpc) is 3.46. The van der Waals surface area contributed by atoms with Crippen LogP contribution >= 0.6 is 0 Å². The molecule has 4 heterocycles. The number of rotatable bonds is 12. The van der Waals surface area contributed by atoms with Crippen LogP contribution in [0.15, 0.2) is 60.0 Å². The number of ether oxygens (including phenoxy) is 2. The summed E-state index contributed by atoms with van der Waals surface area (Å²) in [6, 6.07) is 11.2. The monoisotopic (exact) mass is 797 g/mol. The first-order valence-corrected chi connectivity index (χ1v) is 21.7. The Kier molecular flexibility index (Phi) is 12.1. The zero-order valence-corrected chi connectivity index (χ0v) is 33.6. The van der Waals surface area contributed by atoms with E-state index < -0.39 is 27.0 Å².